The Hall–Kier alpha value is -2.39. The van der Waals surface area contributed by atoms with Crippen LogP contribution in [-0.4, -0.2) is 76.1 Å². The maximum absolute atomic E-state index is 12.9. The number of esters is 1. The van der Waals surface area contributed by atoms with Crippen molar-refractivity contribution in [3.63, 3.8) is 0 Å². The number of rotatable bonds is 13. The molecule has 2 heterocycles. The molecule has 1 aromatic carbocycles. The molecule has 1 spiro atoms. The van der Waals surface area contributed by atoms with Crippen molar-refractivity contribution in [2.75, 3.05) is 40.6 Å². The minimum absolute atomic E-state index is 0.0101. The molecule has 0 N–H and O–H groups in total. The fourth-order valence-electron chi connectivity index (χ4n) is 5.69. The van der Waals surface area contributed by atoms with Gasteiger partial charge in [-0.1, -0.05) is 17.7 Å². The van der Waals surface area contributed by atoms with Crippen LogP contribution in [0.15, 0.2) is 35.9 Å². The zero-order chi connectivity index (χ0) is 27.3. The summed E-state index contributed by atoms with van der Waals surface area (Å²) in [6.45, 7) is 10.5. The molecule has 1 aromatic rings. The number of allylic oxidation sites excluding steroid dienone is 1. The SMILES string of the molecule is CCOCCOc1cc(/C=C/C(=O)O[C@@H]2CC[C@]3(CO3)[C@@H](C3(C)O[C@H]3CC=C(C)C)[C@@H]2OC)ccc1OC. The summed E-state index contributed by atoms with van der Waals surface area (Å²) >= 11 is 0. The molecule has 0 radical (unpaired) electrons. The molecule has 1 saturated carbocycles. The number of methoxy groups -OCH3 is 2. The van der Waals surface area contributed by atoms with Gasteiger partial charge in [-0.25, -0.2) is 4.79 Å². The van der Waals surface area contributed by atoms with Gasteiger partial charge in [0, 0.05) is 19.8 Å². The average Bonchev–Trinajstić information content (AvgIpc) is 3.82. The third-order valence-electron chi connectivity index (χ3n) is 7.79. The molecule has 3 aliphatic rings. The van der Waals surface area contributed by atoms with E-state index in [1.54, 1.807) is 20.3 Å². The Morgan fingerprint density at radius 2 is 1.97 bits per heavy atom. The Kier molecular flexibility index (Phi) is 9.19. The van der Waals surface area contributed by atoms with Gasteiger partial charge in [0.25, 0.3) is 0 Å². The molecule has 2 saturated heterocycles. The van der Waals surface area contributed by atoms with Crippen LogP contribution < -0.4 is 9.47 Å². The molecule has 1 unspecified atom stereocenters. The lowest BCUT2D eigenvalue weighted by molar-refractivity contribution is -0.166. The predicted octanol–water partition coefficient (Wildman–Crippen LogP) is 4.74. The van der Waals surface area contributed by atoms with Crippen molar-refractivity contribution in [3.8, 4) is 11.5 Å². The molecule has 0 bridgehead atoms. The average molecular weight is 531 g/mol. The standard InChI is InChI=1S/C30H42O8/c1-7-34-16-17-35-24-18-21(9-11-22(24)32-5)10-13-26(31)37-23-14-15-30(19-36-30)28(27(23)33-6)29(4)25(38-29)12-8-20(2)3/h8-11,13,18,23,25,27-28H,7,12,14-17,19H2,1-6H3/b13-10+/t23-,25+,27-,28-,29?,30+/m1/s1. The van der Waals surface area contributed by atoms with Gasteiger partial charge in [0.15, 0.2) is 11.5 Å². The summed E-state index contributed by atoms with van der Waals surface area (Å²) in [7, 11) is 3.27. The summed E-state index contributed by atoms with van der Waals surface area (Å²) in [4.78, 5) is 12.9. The molecule has 210 valence electrons. The van der Waals surface area contributed by atoms with Crippen LogP contribution in [0.2, 0.25) is 0 Å². The summed E-state index contributed by atoms with van der Waals surface area (Å²) in [6.07, 6.45) is 7.14. The summed E-state index contributed by atoms with van der Waals surface area (Å²) < 4.78 is 40.7. The van der Waals surface area contributed by atoms with Crippen molar-refractivity contribution in [1.29, 1.82) is 0 Å². The molecule has 38 heavy (non-hydrogen) atoms. The van der Waals surface area contributed by atoms with Crippen LogP contribution in [0.4, 0.5) is 0 Å². The molecule has 0 amide bonds. The van der Waals surface area contributed by atoms with Gasteiger partial charge in [0.1, 0.15) is 30.0 Å². The first-order valence-electron chi connectivity index (χ1n) is 13.5. The Bertz CT molecular complexity index is 1030. The van der Waals surface area contributed by atoms with Crippen LogP contribution in [0.5, 0.6) is 11.5 Å². The number of benzene rings is 1. The van der Waals surface area contributed by atoms with Gasteiger partial charge in [-0.3, -0.25) is 0 Å². The Labute approximate surface area is 226 Å². The molecular formula is C30H42O8. The quantitative estimate of drug-likeness (QED) is 0.119. The Balaban J connectivity index is 1.40. The van der Waals surface area contributed by atoms with Crippen molar-refractivity contribution in [2.45, 2.75) is 76.5 Å². The van der Waals surface area contributed by atoms with E-state index in [1.807, 2.05) is 25.1 Å². The van der Waals surface area contributed by atoms with Crippen molar-refractivity contribution in [2.24, 2.45) is 5.92 Å². The van der Waals surface area contributed by atoms with Gasteiger partial charge in [0.2, 0.25) is 0 Å². The summed E-state index contributed by atoms with van der Waals surface area (Å²) in [5.41, 5.74) is 1.44. The number of hydrogen-bond donors (Lipinski definition) is 0. The number of carbonyl (C=O) groups is 1. The van der Waals surface area contributed by atoms with Gasteiger partial charge in [-0.05, 0) is 70.7 Å². The molecule has 8 nitrogen and oxygen atoms in total. The minimum atomic E-state index is -0.416. The third-order valence-corrected chi connectivity index (χ3v) is 7.79. The highest BCUT2D eigenvalue weighted by Gasteiger charge is 2.72. The van der Waals surface area contributed by atoms with Crippen molar-refractivity contribution < 1.29 is 38.0 Å². The van der Waals surface area contributed by atoms with E-state index < -0.39 is 5.97 Å². The fraction of sp³-hybridized carbons (Fsp3) is 0.633. The monoisotopic (exact) mass is 530 g/mol. The molecule has 8 heteroatoms. The van der Waals surface area contributed by atoms with Crippen LogP contribution >= 0.6 is 0 Å². The molecule has 1 aliphatic carbocycles. The highest BCUT2D eigenvalue weighted by Crippen LogP contribution is 2.59. The van der Waals surface area contributed by atoms with Crippen LogP contribution in [-0.2, 0) is 28.5 Å². The second-order valence-corrected chi connectivity index (χ2v) is 10.6. The van der Waals surface area contributed by atoms with E-state index in [2.05, 4.69) is 26.8 Å². The maximum atomic E-state index is 12.9. The second kappa shape index (κ2) is 12.2. The summed E-state index contributed by atoms with van der Waals surface area (Å²) in [5.74, 6) is 0.782. The number of ether oxygens (including phenoxy) is 7. The second-order valence-electron chi connectivity index (χ2n) is 10.6. The van der Waals surface area contributed by atoms with E-state index >= 15 is 0 Å². The first-order chi connectivity index (χ1) is 18.3. The Morgan fingerprint density at radius 1 is 1.18 bits per heavy atom. The number of carbonyl (C=O) groups excluding carboxylic acids is 1. The smallest absolute Gasteiger partial charge is 0.331 e. The first-order valence-corrected chi connectivity index (χ1v) is 13.5. The molecule has 0 aromatic heterocycles. The molecule has 6 atom stereocenters. The molecule has 2 aliphatic heterocycles. The number of epoxide rings is 2. The number of hydrogen-bond acceptors (Lipinski definition) is 8. The third kappa shape index (κ3) is 6.42. The largest absolute Gasteiger partial charge is 0.493 e. The zero-order valence-electron chi connectivity index (χ0n) is 23.5. The lowest BCUT2D eigenvalue weighted by Gasteiger charge is -2.42. The van der Waals surface area contributed by atoms with E-state index in [1.165, 1.54) is 11.6 Å². The highest BCUT2D eigenvalue weighted by atomic mass is 16.6. The van der Waals surface area contributed by atoms with Crippen LogP contribution in [0.3, 0.4) is 0 Å². The van der Waals surface area contributed by atoms with Gasteiger partial charge < -0.3 is 33.2 Å². The zero-order valence-corrected chi connectivity index (χ0v) is 23.5. The van der Waals surface area contributed by atoms with Gasteiger partial charge >= 0.3 is 5.97 Å². The predicted molar refractivity (Wildman–Crippen MR) is 143 cm³/mol. The highest BCUT2D eigenvalue weighted by molar-refractivity contribution is 5.87. The van der Waals surface area contributed by atoms with Crippen molar-refractivity contribution in [1.82, 2.24) is 0 Å². The normalized spacial score (nSPS) is 31.7. The first kappa shape index (κ1) is 28.6. The van der Waals surface area contributed by atoms with E-state index in [9.17, 15) is 4.79 Å². The molecule has 4 rings (SSSR count). The molecule has 3 fully saturated rings. The minimum Gasteiger partial charge on any atom is -0.493 e. The maximum Gasteiger partial charge on any atom is 0.331 e. The van der Waals surface area contributed by atoms with Gasteiger partial charge in [0.05, 0.1) is 32.3 Å². The van der Waals surface area contributed by atoms with Crippen LogP contribution in [0.25, 0.3) is 6.08 Å². The van der Waals surface area contributed by atoms with E-state index in [-0.39, 0.29) is 35.4 Å². The lowest BCUT2D eigenvalue weighted by atomic mass is 9.68. The van der Waals surface area contributed by atoms with E-state index in [4.69, 9.17) is 33.2 Å². The van der Waals surface area contributed by atoms with E-state index in [0.29, 0.717) is 44.3 Å². The van der Waals surface area contributed by atoms with Crippen LogP contribution in [0.1, 0.15) is 52.5 Å². The Morgan fingerprint density at radius 3 is 2.63 bits per heavy atom. The van der Waals surface area contributed by atoms with Crippen molar-refractivity contribution in [3.05, 3.63) is 41.5 Å². The summed E-state index contributed by atoms with van der Waals surface area (Å²) in [5, 5.41) is 0. The van der Waals surface area contributed by atoms with E-state index in [0.717, 1.165) is 18.4 Å². The van der Waals surface area contributed by atoms with Gasteiger partial charge in [-0.15, -0.1) is 0 Å². The topological polar surface area (TPSA) is 88.3 Å². The van der Waals surface area contributed by atoms with Crippen molar-refractivity contribution >= 4 is 12.0 Å². The fourth-order valence-corrected chi connectivity index (χ4v) is 5.69. The van der Waals surface area contributed by atoms with Gasteiger partial charge in [-0.2, -0.15) is 0 Å². The molecular weight excluding hydrogens is 488 g/mol. The van der Waals surface area contributed by atoms with Crippen LogP contribution in [0, 0.1) is 5.92 Å². The summed E-state index contributed by atoms with van der Waals surface area (Å²) in [6, 6.07) is 5.50. The lowest BCUT2D eigenvalue weighted by Crippen LogP contribution is -2.55.